The van der Waals surface area contributed by atoms with Crippen molar-refractivity contribution >= 4 is 10.0 Å². The average molecular weight is 328 g/mol. The standard InChI is InChI=1S/C14H17FN2O4S/c1-17-7-3-4-12(17)13(18)9-16-22(19,20)10-5-6-14(21-2)11(15)8-10/h3-8,13,16,18H,9H2,1-2H3. The SMILES string of the molecule is COc1ccc(S(=O)(=O)NCC(O)c2cccn2C)cc1F. The number of ether oxygens (including phenoxy) is 1. The van der Waals surface area contributed by atoms with Crippen LogP contribution in [0.5, 0.6) is 5.75 Å². The van der Waals surface area contributed by atoms with Crippen molar-refractivity contribution in [3.05, 3.63) is 48.0 Å². The Morgan fingerprint density at radius 1 is 1.41 bits per heavy atom. The van der Waals surface area contributed by atoms with Crippen LogP contribution in [0.1, 0.15) is 11.8 Å². The van der Waals surface area contributed by atoms with E-state index >= 15 is 0 Å². The minimum atomic E-state index is -3.92. The molecule has 0 saturated heterocycles. The van der Waals surface area contributed by atoms with Crippen molar-refractivity contribution in [1.82, 2.24) is 9.29 Å². The van der Waals surface area contributed by atoms with E-state index in [2.05, 4.69) is 4.72 Å². The molecule has 120 valence electrons. The highest BCUT2D eigenvalue weighted by Gasteiger charge is 2.19. The molecule has 0 aliphatic carbocycles. The molecule has 1 heterocycles. The van der Waals surface area contributed by atoms with Crippen LogP contribution < -0.4 is 9.46 Å². The quantitative estimate of drug-likeness (QED) is 0.834. The van der Waals surface area contributed by atoms with Crippen molar-refractivity contribution in [2.45, 2.75) is 11.0 Å². The van der Waals surface area contributed by atoms with E-state index in [0.29, 0.717) is 5.69 Å². The maximum atomic E-state index is 13.6. The zero-order chi connectivity index (χ0) is 16.3. The summed E-state index contributed by atoms with van der Waals surface area (Å²) in [6, 6.07) is 6.77. The van der Waals surface area contributed by atoms with Gasteiger partial charge in [0.2, 0.25) is 10.0 Å². The Balaban J connectivity index is 2.11. The fourth-order valence-corrected chi connectivity index (χ4v) is 3.06. The number of nitrogens with zero attached hydrogens (tertiary/aromatic N) is 1. The minimum Gasteiger partial charge on any atom is -0.494 e. The number of benzene rings is 1. The number of sulfonamides is 1. The summed E-state index contributed by atoms with van der Waals surface area (Å²) in [5.41, 5.74) is 0.573. The Hall–Kier alpha value is -1.90. The van der Waals surface area contributed by atoms with Crippen LogP contribution in [0.3, 0.4) is 0 Å². The summed E-state index contributed by atoms with van der Waals surface area (Å²) in [7, 11) is -0.887. The molecule has 1 unspecified atom stereocenters. The Bertz CT molecular complexity index is 758. The maximum absolute atomic E-state index is 13.6. The van der Waals surface area contributed by atoms with Gasteiger partial charge in [0.15, 0.2) is 11.6 Å². The number of methoxy groups -OCH3 is 1. The highest BCUT2D eigenvalue weighted by molar-refractivity contribution is 7.89. The molecule has 2 aromatic rings. The van der Waals surface area contributed by atoms with Crippen LogP contribution in [0.15, 0.2) is 41.4 Å². The molecule has 0 fully saturated rings. The molecule has 8 heteroatoms. The molecule has 0 radical (unpaired) electrons. The lowest BCUT2D eigenvalue weighted by Gasteiger charge is -2.13. The number of aliphatic hydroxyl groups is 1. The minimum absolute atomic E-state index is 0.0391. The molecule has 1 aromatic heterocycles. The van der Waals surface area contributed by atoms with Crippen molar-refractivity contribution < 1.29 is 22.7 Å². The topological polar surface area (TPSA) is 80.6 Å². The van der Waals surface area contributed by atoms with Gasteiger partial charge < -0.3 is 14.4 Å². The van der Waals surface area contributed by atoms with Gasteiger partial charge in [0.05, 0.1) is 12.0 Å². The molecular weight excluding hydrogens is 311 g/mol. The lowest BCUT2D eigenvalue weighted by atomic mass is 10.2. The number of hydrogen-bond acceptors (Lipinski definition) is 4. The monoisotopic (exact) mass is 328 g/mol. The van der Waals surface area contributed by atoms with Gasteiger partial charge in [-0.25, -0.2) is 17.5 Å². The van der Waals surface area contributed by atoms with Gasteiger partial charge in [-0.15, -0.1) is 0 Å². The molecule has 0 amide bonds. The van der Waals surface area contributed by atoms with Gasteiger partial charge in [0, 0.05) is 25.5 Å². The molecule has 0 bridgehead atoms. The Morgan fingerprint density at radius 2 is 2.14 bits per heavy atom. The lowest BCUT2D eigenvalue weighted by molar-refractivity contribution is 0.173. The summed E-state index contributed by atoms with van der Waals surface area (Å²) in [4.78, 5) is -0.232. The van der Waals surface area contributed by atoms with Crippen molar-refractivity contribution in [3.8, 4) is 5.75 Å². The van der Waals surface area contributed by atoms with E-state index in [1.165, 1.54) is 19.2 Å². The molecule has 1 atom stereocenters. The van der Waals surface area contributed by atoms with Gasteiger partial charge in [-0.2, -0.15) is 0 Å². The van der Waals surface area contributed by atoms with Crippen LogP contribution in [-0.4, -0.2) is 31.7 Å². The van der Waals surface area contributed by atoms with Gasteiger partial charge in [-0.05, 0) is 30.3 Å². The van der Waals surface area contributed by atoms with E-state index in [9.17, 15) is 17.9 Å². The Kier molecular flexibility index (Phi) is 4.84. The fourth-order valence-electron chi connectivity index (χ4n) is 2.01. The van der Waals surface area contributed by atoms with Gasteiger partial charge in [-0.3, -0.25) is 0 Å². The number of nitrogens with one attached hydrogen (secondary N) is 1. The predicted octanol–water partition coefficient (Wildman–Crippen LogP) is 1.18. The first kappa shape index (κ1) is 16.5. The van der Waals surface area contributed by atoms with Crippen LogP contribution in [0.4, 0.5) is 4.39 Å². The van der Waals surface area contributed by atoms with Crippen LogP contribution >= 0.6 is 0 Å². The molecule has 0 spiro atoms. The average Bonchev–Trinajstić information content (AvgIpc) is 2.91. The molecule has 0 aliphatic heterocycles. The van der Waals surface area contributed by atoms with Crippen LogP contribution in [0.25, 0.3) is 0 Å². The van der Waals surface area contributed by atoms with Crippen LogP contribution in [0.2, 0.25) is 0 Å². The summed E-state index contributed by atoms with van der Waals surface area (Å²) in [5.74, 6) is -0.809. The van der Waals surface area contributed by atoms with E-state index < -0.39 is 21.9 Å². The highest BCUT2D eigenvalue weighted by atomic mass is 32.2. The number of hydrogen-bond donors (Lipinski definition) is 2. The first-order valence-corrected chi connectivity index (χ1v) is 7.96. The third kappa shape index (κ3) is 3.46. The first-order chi connectivity index (χ1) is 10.3. The molecule has 2 N–H and O–H groups in total. The van der Waals surface area contributed by atoms with E-state index in [0.717, 1.165) is 6.07 Å². The van der Waals surface area contributed by atoms with Crippen molar-refractivity contribution in [1.29, 1.82) is 0 Å². The fraction of sp³-hybridized carbons (Fsp3) is 0.286. The van der Waals surface area contributed by atoms with Crippen molar-refractivity contribution in [2.75, 3.05) is 13.7 Å². The number of aryl methyl sites for hydroxylation is 1. The lowest BCUT2D eigenvalue weighted by Crippen LogP contribution is -2.29. The summed E-state index contributed by atoms with van der Waals surface area (Å²) in [5, 5.41) is 10.00. The second-order valence-electron chi connectivity index (χ2n) is 4.71. The number of aliphatic hydroxyl groups excluding tert-OH is 1. The normalized spacial score (nSPS) is 13.1. The van der Waals surface area contributed by atoms with Gasteiger partial charge >= 0.3 is 0 Å². The molecule has 2 rings (SSSR count). The largest absolute Gasteiger partial charge is 0.494 e. The summed E-state index contributed by atoms with van der Waals surface area (Å²) in [6.45, 7) is -0.214. The van der Waals surface area contributed by atoms with E-state index in [1.807, 2.05) is 0 Å². The summed E-state index contributed by atoms with van der Waals surface area (Å²) >= 11 is 0. The van der Waals surface area contributed by atoms with Crippen LogP contribution in [0, 0.1) is 5.82 Å². The van der Waals surface area contributed by atoms with Crippen LogP contribution in [-0.2, 0) is 17.1 Å². The van der Waals surface area contributed by atoms with Gasteiger partial charge in [0.25, 0.3) is 0 Å². The smallest absolute Gasteiger partial charge is 0.240 e. The summed E-state index contributed by atoms with van der Waals surface area (Å²) in [6.07, 6.45) is 0.740. The Morgan fingerprint density at radius 3 is 2.68 bits per heavy atom. The van der Waals surface area contributed by atoms with E-state index in [4.69, 9.17) is 4.74 Å². The van der Waals surface area contributed by atoms with Crippen molar-refractivity contribution in [2.24, 2.45) is 7.05 Å². The van der Waals surface area contributed by atoms with Gasteiger partial charge in [0.1, 0.15) is 6.10 Å². The zero-order valence-corrected chi connectivity index (χ0v) is 13.0. The molecule has 1 aromatic carbocycles. The molecule has 0 aliphatic rings. The summed E-state index contributed by atoms with van der Waals surface area (Å²) < 4.78 is 46.5. The second kappa shape index (κ2) is 6.47. The molecule has 22 heavy (non-hydrogen) atoms. The number of halogens is 1. The first-order valence-electron chi connectivity index (χ1n) is 6.47. The van der Waals surface area contributed by atoms with E-state index in [1.54, 1.807) is 29.9 Å². The second-order valence-corrected chi connectivity index (χ2v) is 6.47. The molecule has 6 nitrogen and oxygen atoms in total. The van der Waals surface area contributed by atoms with Crippen molar-refractivity contribution in [3.63, 3.8) is 0 Å². The molecular formula is C14H17FN2O4S. The molecule has 0 saturated carbocycles. The highest BCUT2D eigenvalue weighted by Crippen LogP contribution is 2.21. The zero-order valence-electron chi connectivity index (χ0n) is 12.2. The predicted molar refractivity (Wildman–Crippen MR) is 78.5 cm³/mol. The number of rotatable bonds is 6. The third-order valence-corrected chi connectivity index (χ3v) is 4.65. The maximum Gasteiger partial charge on any atom is 0.240 e. The van der Waals surface area contributed by atoms with E-state index in [-0.39, 0.29) is 17.2 Å². The third-order valence-electron chi connectivity index (χ3n) is 3.23. The van der Waals surface area contributed by atoms with Gasteiger partial charge in [-0.1, -0.05) is 0 Å². The Labute approximate surface area is 128 Å². The number of aromatic nitrogens is 1.